The summed E-state index contributed by atoms with van der Waals surface area (Å²) in [5.74, 6) is 0.793. The number of nitrogens with one attached hydrogen (secondary N) is 1. The van der Waals surface area contributed by atoms with Crippen LogP contribution in [0, 0.1) is 12.3 Å². The summed E-state index contributed by atoms with van der Waals surface area (Å²) in [5.41, 5.74) is 0.253. The van der Waals surface area contributed by atoms with Crippen LogP contribution in [0.4, 0.5) is 0 Å². The first kappa shape index (κ1) is 19.0. The Morgan fingerprint density at radius 2 is 1.58 bits per heavy atom. The topological polar surface area (TPSA) is 90.9 Å². The predicted molar refractivity (Wildman–Crippen MR) is 85.7 cm³/mol. The molecule has 24 heavy (non-hydrogen) atoms. The van der Waals surface area contributed by atoms with E-state index in [0.29, 0.717) is 0 Å². The lowest BCUT2D eigenvalue weighted by Crippen LogP contribution is -2.29. The Hall–Kier alpha value is -3.01. The first-order valence-electron chi connectivity index (χ1n) is 7.34. The van der Waals surface area contributed by atoms with Gasteiger partial charge in [-0.05, 0) is 32.0 Å². The van der Waals surface area contributed by atoms with Crippen LogP contribution < -0.4 is 10.1 Å². The highest BCUT2D eigenvalue weighted by Crippen LogP contribution is 2.19. The van der Waals surface area contributed by atoms with Gasteiger partial charge in [-0.3, -0.25) is 4.79 Å². The molecule has 0 aromatic heterocycles. The molecule has 7 nitrogen and oxygen atoms in total. The van der Waals surface area contributed by atoms with Crippen molar-refractivity contribution in [2.24, 2.45) is 0 Å². The summed E-state index contributed by atoms with van der Waals surface area (Å²) in [5, 5.41) is 2.43. The molecule has 1 aromatic carbocycles. The second-order valence-electron chi connectivity index (χ2n) is 4.46. The Morgan fingerprint density at radius 3 is 2.04 bits per heavy atom. The average Bonchev–Trinajstić information content (AvgIpc) is 2.58. The van der Waals surface area contributed by atoms with Crippen LogP contribution in [0.3, 0.4) is 0 Å². The van der Waals surface area contributed by atoms with Crippen molar-refractivity contribution in [3.63, 3.8) is 0 Å². The van der Waals surface area contributed by atoms with Crippen molar-refractivity contribution in [1.29, 1.82) is 0 Å². The molecular weight excluding hydrogens is 314 g/mol. The maximum Gasteiger partial charge on any atom is 0.338 e. The lowest BCUT2D eigenvalue weighted by atomic mass is 10.1. The summed E-state index contributed by atoms with van der Waals surface area (Å²) in [4.78, 5) is 35.3. The van der Waals surface area contributed by atoms with E-state index >= 15 is 0 Å². The summed E-state index contributed by atoms with van der Waals surface area (Å²) >= 11 is 0. The number of carbonyl (C=O) groups is 3. The Balaban J connectivity index is 2.96. The highest BCUT2D eigenvalue weighted by molar-refractivity contribution is 5.96. The van der Waals surface area contributed by atoms with Crippen molar-refractivity contribution in [2.75, 3.05) is 26.4 Å². The summed E-state index contributed by atoms with van der Waals surface area (Å²) < 4.78 is 15.1. The van der Waals surface area contributed by atoms with Crippen molar-refractivity contribution in [3.05, 3.63) is 29.3 Å². The van der Waals surface area contributed by atoms with E-state index < -0.39 is 17.8 Å². The van der Waals surface area contributed by atoms with Crippen LogP contribution in [-0.2, 0) is 14.3 Å². The minimum absolute atomic E-state index is 0.0825. The molecule has 1 rings (SSSR count). The van der Waals surface area contributed by atoms with E-state index in [1.54, 1.807) is 13.8 Å². The highest BCUT2D eigenvalue weighted by atomic mass is 16.5. The number of carbonyl (C=O) groups excluding carboxylic acids is 3. The third-order valence-corrected chi connectivity index (χ3v) is 2.69. The van der Waals surface area contributed by atoms with Crippen LogP contribution >= 0.6 is 0 Å². The van der Waals surface area contributed by atoms with Gasteiger partial charge in [0, 0.05) is 0 Å². The van der Waals surface area contributed by atoms with Gasteiger partial charge in [-0.25, -0.2) is 9.59 Å². The molecule has 0 bridgehead atoms. The molecule has 0 heterocycles. The van der Waals surface area contributed by atoms with Gasteiger partial charge in [-0.2, -0.15) is 0 Å². The minimum Gasteiger partial charge on any atom is -0.484 e. The van der Waals surface area contributed by atoms with Gasteiger partial charge in [0.25, 0.3) is 5.91 Å². The van der Waals surface area contributed by atoms with E-state index in [-0.39, 0.29) is 43.2 Å². The van der Waals surface area contributed by atoms with Crippen LogP contribution in [0.1, 0.15) is 34.6 Å². The molecular formula is C17H19NO6. The standard InChI is InChI=1S/C17H19NO6/c1-4-7-18-15(19)11-24-14-9-12(16(20)22-5-2)8-13(10-14)17(21)23-6-3/h1,8-10H,5-7,11H2,2-3H3,(H,18,19). The summed E-state index contributed by atoms with van der Waals surface area (Å²) in [6.45, 7) is 3.48. The zero-order valence-corrected chi connectivity index (χ0v) is 13.6. The molecule has 0 fully saturated rings. The molecule has 0 unspecified atom stereocenters. The second-order valence-corrected chi connectivity index (χ2v) is 4.46. The normalized spacial score (nSPS) is 9.54. The number of ether oxygens (including phenoxy) is 3. The third-order valence-electron chi connectivity index (χ3n) is 2.69. The Labute approximate surface area is 140 Å². The van der Waals surface area contributed by atoms with Crippen molar-refractivity contribution in [3.8, 4) is 18.1 Å². The fourth-order valence-electron chi connectivity index (χ4n) is 1.70. The first-order chi connectivity index (χ1) is 11.5. The lowest BCUT2D eigenvalue weighted by Gasteiger charge is -2.10. The van der Waals surface area contributed by atoms with Crippen LogP contribution in [0.15, 0.2) is 18.2 Å². The maximum atomic E-state index is 11.9. The number of esters is 2. The molecule has 1 amide bonds. The number of hydrogen-bond acceptors (Lipinski definition) is 6. The number of amides is 1. The van der Waals surface area contributed by atoms with Crippen molar-refractivity contribution in [2.45, 2.75) is 13.8 Å². The Morgan fingerprint density at radius 1 is 1.04 bits per heavy atom. The van der Waals surface area contributed by atoms with E-state index in [1.807, 2.05) is 0 Å². The minimum atomic E-state index is -0.606. The monoisotopic (exact) mass is 333 g/mol. The van der Waals surface area contributed by atoms with Crippen LogP contribution in [0.25, 0.3) is 0 Å². The number of hydrogen-bond donors (Lipinski definition) is 1. The smallest absolute Gasteiger partial charge is 0.338 e. The number of benzene rings is 1. The Bertz CT molecular complexity index is 611. The lowest BCUT2D eigenvalue weighted by molar-refractivity contribution is -0.122. The zero-order valence-electron chi connectivity index (χ0n) is 13.6. The first-order valence-corrected chi connectivity index (χ1v) is 7.34. The molecule has 0 saturated carbocycles. The quantitative estimate of drug-likeness (QED) is 0.567. The molecule has 7 heteroatoms. The predicted octanol–water partition coefficient (Wildman–Crippen LogP) is 1.17. The summed E-state index contributed by atoms with van der Waals surface area (Å²) in [6.07, 6.45) is 5.04. The van der Waals surface area contributed by atoms with E-state index in [2.05, 4.69) is 11.2 Å². The molecule has 128 valence electrons. The fourth-order valence-corrected chi connectivity index (χ4v) is 1.70. The average molecular weight is 333 g/mol. The van der Waals surface area contributed by atoms with Gasteiger partial charge in [0.05, 0.1) is 30.9 Å². The SMILES string of the molecule is C#CCNC(=O)COc1cc(C(=O)OCC)cc(C(=O)OCC)c1. The molecule has 0 saturated heterocycles. The van der Waals surface area contributed by atoms with Crippen molar-refractivity contribution in [1.82, 2.24) is 5.32 Å². The van der Waals surface area contributed by atoms with E-state index in [9.17, 15) is 14.4 Å². The van der Waals surface area contributed by atoms with Gasteiger partial charge >= 0.3 is 11.9 Å². The van der Waals surface area contributed by atoms with Gasteiger partial charge in [0.1, 0.15) is 5.75 Å². The molecule has 1 N–H and O–H groups in total. The largest absolute Gasteiger partial charge is 0.484 e. The fraction of sp³-hybridized carbons (Fsp3) is 0.353. The molecule has 0 aliphatic carbocycles. The Kier molecular flexibility index (Phi) is 7.85. The van der Waals surface area contributed by atoms with Crippen LogP contribution in [0.5, 0.6) is 5.75 Å². The number of rotatable bonds is 8. The van der Waals surface area contributed by atoms with Gasteiger partial charge in [-0.15, -0.1) is 6.42 Å². The molecule has 0 radical (unpaired) electrons. The molecule has 0 atom stereocenters. The summed E-state index contributed by atoms with van der Waals surface area (Å²) in [6, 6.07) is 4.12. The molecule has 0 aliphatic rings. The highest BCUT2D eigenvalue weighted by Gasteiger charge is 2.16. The van der Waals surface area contributed by atoms with Gasteiger partial charge < -0.3 is 19.5 Å². The molecule has 0 aliphatic heterocycles. The summed E-state index contributed by atoms with van der Waals surface area (Å²) in [7, 11) is 0. The second kappa shape index (κ2) is 9.90. The van der Waals surface area contributed by atoms with E-state index in [4.69, 9.17) is 20.6 Å². The molecule has 1 aromatic rings. The van der Waals surface area contributed by atoms with Crippen LogP contribution in [-0.4, -0.2) is 44.2 Å². The number of terminal acetylenes is 1. The molecule has 0 spiro atoms. The van der Waals surface area contributed by atoms with E-state index in [1.165, 1.54) is 18.2 Å². The van der Waals surface area contributed by atoms with Crippen molar-refractivity contribution < 1.29 is 28.6 Å². The third kappa shape index (κ3) is 6.01. The van der Waals surface area contributed by atoms with Crippen molar-refractivity contribution >= 4 is 17.8 Å². The van der Waals surface area contributed by atoms with Gasteiger partial charge in [0.15, 0.2) is 6.61 Å². The van der Waals surface area contributed by atoms with Gasteiger partial charge in [-0.1, -0.05) is 5.92 Å². The van der Waals surface area contributed by atoms with Crippen LogP contribution in [0.2, 0.25) is 0 Å². The van der Waals surface area contributed by atoms with Gasteiger partial charge in [0.2, 0.25) is 0 Å². The zero-order chi connectivity index (χ0) is 17.9. The maximum absolute atomic E-state index is 11.9. The van der Waals surface area contributed by atoms with E-state index in [0.717, 1.165) is 0 Å².